The van der Waals surface area contributed by atoms with Gasteiger partial charge in [-0.3, -0.25) is 4.90 Å². The SMILES string of the molecule is CCC1(CC)CN(C(C)c2cccc(F)c2)CCN1. The van der Waals surface area contributed by atoms with Gasteiger partial charge in [0.25, 0.3) is 0 Å². The maximum Gasteiger partial charge on any atom is 0.123 e. The lowest BCUT2D eigenvalue weighted by Crippen LogP contribution is -2.60. The molecule has 0 radical (unpaired) electrons. The number of nitrogens with zero attached hydrogens (tertiary/aromatic N) is 1. The molecule has 106 valence electrons. The molecule has 0 saturated carbocycles. The number of rotatable bonds is 4. The molecule has 1 fully saturated rings. The summed E-state index contributed by atoms with van der Waals surface area (Å²) in [5.41, 5.74) is 1.29. The third-order valence-electron chi connectivity index (χ3n) is 4.64. The number of benzene rings is 1. The number of nitrogens with one attached hydrogen (secondary N) is 1. The molecule has 1 atom stereocenters. The summed E-state index contributed by atoms with van der Waals surface area (Å²) in [6, 6.07) is 7.27. The highest BCUT2D eigenvalue weighted by Gasteiger charge is 2.33. The van der Waals surface area contributed by atoms with Crippen LogP contribution in [0.5, 0.6) is 0 Å². The monoisotopic (exact) mass is 264 g/mol. The molecule has 1 aromatic rings. The van der Waals surface area contributed by atoms with Crippen LogP contribution >= 0.6 is 0 Å². The van der Waals surface area contributed by atoms with Crippen LogP contribution in [0.2, 0.25) is 0 Å². The van der Waals surface area contributed by atoms with Crippen molar-refractivity contribution in [2.24, 2.45) is 0 Å². The molecule has 1 aliphatic heterocycles. The van der Waals surface area contributed by atoms with Gasteiger partial charge in [-0.1, -0.05) is 26.0 Å². The Balaban J connectivity index is 2.13. The van der Waals surface area contributed by atoms with Gasteiger partial charge in [-0.05, 0) is 37.5 Å². The first kappa shape index (κ1) is 14.5. The van der Waals surface area contributed by atoms with Crippen LogP contribution in [0.15, 0.2) is 24.3 Å². The van der Waals surface area contributed by atoms with E-state index in [4.69, 9.17) is 0 Å². The second kappa shape index (κ2) is 6.02. The van der Waals surface area contributed by atoms with Crippen molar-refractivity contribution in [2.75, 3.05) is 19.6 Å². The van der Waals surface area contributed by atoms with Crippen LogP contribution in [0.25, 0.3) is 0 Å². The van der Waals surface area contributed by atoms with Crippen LogP contribution in [0.4, 0.5) is 4.39 Å². The van der Waals surface area contributed by atoms with E-state index in [0.717, 1.165) is 38.0 Å². The minimum absolute atomic E-state index is 0.142. The average molecular weight is 264 g/mol. The maximum atomic E-state index is 13.3. The van der Waals surface area contributed by atoms with E-state index in [1.807, 2.05) is 6.07 Å². The third kappa shape index (κ3) is 3.15. The Labute approximate surface area is 116 Å². The summed E-state index contributed by atoms with van der Waals surface area (Å²) in [5, 5.41) is 3.66. The van der Waals surface area contributed by atoms with Crippen molar-refractivity contribution >= 4 is 0 Å². The zero-order valence-electron chi connectivity index (χ0n) is 12.2. The lowest BCUT2D eigenvalue weighted by atomic mass is 9.89. The van der Waals surface area contributed by atoms with Crippen LogP contribution in [0.3, 0.4) is 0 Å². The van der Waals surface area contributed by atoms with Gasteiger partial charge in [-0.15, -0.1) is 0 Å². The Morgan fingerprint density at radius 2 is 2.11 bits per heavy atom. The average Bonchev–Trinajstić information content (AvgIpc) is 2.46. The molecule has 1 unspecified atom stereocenters. The Morgan fingerprint density at radius 3 is 2.74 bits per heavy atom. The Morgan fingerprint density at radius 1 is 1.37 bits per heavy atom. The highest BCUT2D eigenvalue weighted by molar-refractivity contribution is 5.20. The van der Waals surface area contributed by atoms with Crippen LogP contribution in [0, 0.1) is 5.82 Å². The Hall–Kier alpha value is -0.930. The van der Waals surface area contributed by atoms with Crippen molar-refractivity contribution in [3.05, 3.63) is 35.6 Å². The molecule has 1 saturated heterocycles. The fourth-order valence-electron chi connectivity index (χ4n) is 3.02. The maximum absolute atomic E-state index is 13.3. The summed E-state index contributed by atoms with van der Waals surface area (Å²) < 4.78 is 13.3. The molecule has 1 aromatic carbocycles. The summed E-state index contributed by atoms with van der Waals surface area (Å²) in [6.07, 6.45) is 2.27. The highest BCUT2D eigenvalue weighted by atomic mass is 19.1. The molecule has 3 heteroatoms. The number of hydrogen-bond donors (Lipinski definition) is 1. The molecule has 2 nitrogen and oxygen atoms in total. The van der Waals surface area contributed by atoms with E-state index in [-0.39, 0.29) is 17.4 Å². The topological polar surface area (TPSA) is 15.3 Å². The molecule has 0 bridgehead atoms. The predicted octanol–water partition coefficient (Wildman–Crippen LogP) is 3.35. The molecular weight excluding hydrogens is 239 g/mol. The Bertz CT molecular complexity index is 415. The van der Waals surface area contributed by atoms with E-state index in [1.54, 1.807) is 12.1 Å². The molecule has 0 amide bonds. The summed E-state index contributed by atoms with van der Waals surface area (Å²) in [5.74, 6) is -0.142. The summed E-state index contributed by atoms with van der Waals surface area (Å²) >= 11 is 0. The second-order valence-electron chi connectivity index (χ2n) is 5.62. The number of piperazine rings is 1. The van der Waals surface area contributed by atoms with Crippen molar-refractivity contribution in [1.29, 1.82) is 0 Å². The molecule has 1 heterocycles. The van der Waals surface area contributed by atoms with E-state index in [2.05, 4.69) is 31.0 Å². The predicted molar refractivity (Wildman–Crippen MR) is 77.7 cm³/mol. The van der Waals surface area contributed by atoms with Crippen molar-refractivity contribution < 1.29 is 4.39 Å². The Kier molecular flexibility index (Phi) is 4.58. The normalized spacial score (nSPS) is 21.3. The lowest BCUT2D eigenvalue weighted by molar-refractivity contribution is 0.0918. The number of hydrogen-bond acceptors (Lipinski definition) is 2. The molecule has 0 aliphatic carbocycles. The van der Waals surface area contributed by atoms with Crippen LogP contribution in [-0.4, -0.2) is 30.1 Å². The molecule has 0 spiro atoms. The van der Waals surface area contributed by atoms with Crippen LogP contribution < -0.4 is 5.32 Å². The van der Waals surface area contributed by atoms with Gasteiger partial charge in [-0.25, -0.2) is 4.39 Å². The largest absolute Gasteiger partial charge is 0.309 e. The van der Waals surface area contributed by atoms with Gasteiger partial charge >= 0.3 is 0 Å². The van der Waals surface area contributed by atoms with Crippen molar-refractivity contribution in [1.82, 2.24) is 10.2 Å². The van der Waals surface area contributed by atoms with Gasteiger partial charge in [-0.2, -0.15) is 0 Å². The highest BCUT2D eigenvalue weighted by Crippen LogP contribution is 2.27. The smallest absolute Gasteiger partial charge is 0.123 e. The molecule has 0 aromatic heterocycles. The van der Waals surface area contributed by atoms with Crippen LogP contribution in [-0.2, 0) is 0 Å². The molecular formula is C16H25FN2. The third-order valence-corrected chi connectivity index (χ3v) is 4.64. The molecule has 19 heavy (non-hydrogen) atoms. The first-order chi connectivity index (χ1) is 9.10. The summed E-state index contributed by atoms with van der Waals surface area (Å²) in [4.78, 5) is 2.47. The molecule has 1 N–H and O–H groups in total. The van der Waals surface area contributed by atoms with E-state index >= 15 is 0 Å². The van der Waals surface area contributed by atoms with Gasteiger partial charge in [0.05, 0.1) is 0 Å². The minimum atomic E-state index is -0.142. The molecule has 1 aliphatic rings. The van der Waals surface area contributed by atoms with Crippen molar-refractivity contribution in [2.45, 2.75) is 45.2 Å². The minimum Gasteiger partial charge on any atom is -0.309 e. The zero-order chi connectivity index (χ0) is 13.9. The van der Waals surface area contributed by atoms with Gasteiger partial charge < -0.3 is 5.32 Å². The number of halogens is 1. The van der Waals surface area contributed by atoms with Gasteiger partial charge in [0.1, 0.15) is 5.82 Å². The van der Waals surface area contributed by atoms with Crippen molar-refractivity contribution in [3.63, 3.8) is 0 Å². The van der Waals surface area contributed by atoms with Gasteiger partial charge in [0, 0.05) is 31.2 Å². The fourth-order valence-corrected chi connectivity index (χ4v) is 3.02. The van der Waals surface area contributed by atoms with Crippen LogP contribution in [0.1, 0.15) is 45.2 Å². The van der Waals surface area contributed by atoms with Gasteiger partial charge in [0.2, 0.25) is 0 Å². The molecule has 2 rings (SSSR count). The summed E-state index contributed by atoms with van der Waals surface area (Å²) in [7, 11) is 0. The van der Waals surface area contributed by atoms with E-state index in [9.17, 15) is 4.39 Å². The zero-order valence-corrected chi connectivity index (χ0v) is 12.2. The second-order valence-corrected chi connectivity index (χ2v) is 5.62. The van der Waals surface area contributed by atoms with Crippen molar-refractivity contribution in [3.8, 4) is 0 Å². The van der Waals surface area contributed by atoms with E-state index in [0.29, 0.717) is 0 Å². The quantitative estimate of drug-likeness (QED) is 0.897. The summed E-state index contributed by atoms with van der Waals surface area (Å²) in [6.45, 7) is 9.74. The van der Waals surface area contributed by atoms with E-state index in [1.165, 1.54) is 6.07 Å². The standard InChI is InChI=1S/C16H25FN2/c1-4-16(5-2)12-19(10-9-18-16)13(3)14-7-6-8-15(17)11-14/h6-8,11,13,18H,4-5,9-10,12H2,1-3H3. The van der Waals surface area contributed by atoms with E-state index < -0.39 is 0 Å². The first-order valence-corrected chi connectivity index (χ1v) is 7.35. The first-order valence-electron chi connectivity index (χ1n) is 7.35. The lowest BCUT2D eigenvalue weighted by Gasteiger charge is -2.45. The van der Waals surface area contributed by atoms with Gasteiger partial charge in [0.15, 0.2) is 0 Å². The fraction of sp³-hybridized carbons (Fsp3) is 0.625.